The second kappa shape index (κ2) is 10.1. The van der Waals surface area contributed by atoms with Gasteiger partial charge in [0, 0.05) is 37.1 Å². The fraction of sp³-hybridized carbons (Fsp3) is 0.292. The second-order valence-electron chi connectivity index (χ2n) is 7.70. The monoisotopic (exact) mass is 467 g/mol. The Morgan fingerprint density at radius 1 is 1.12 bits per heavy atom. The van der Waals surface area contributed by atoms with E-state index in [1.54, 1.807) is 38.6 Å². The van der Waals surface area contributed by atoms with Crippen molar-refractivity contribution in [2.24, 2.45) is 0 Å². The number of nitro benzene ring substituents is 1. The van der Waals surface area contributed by atoms with Crippen LogP contribution in [-0.2, 0) is 23.8 Å². The van der Waals surface area contributed by atoms with E-state index < -0.39 is 15.7 Å². The quantitative estimate of drug-likeness (QED) is 0.366. The Morgan fingerprint density at radius 2 is 1.85 bits per heavy atom. The first-order chi connectivity index (χ1) is 16.0. The molecular formula is C24H25N3O5S. The number of nitro groups is 1. The summed E-state index contributed by atoms with van der Waals surface area (Å²) in [4.78, 5) is 17.9. The molecule has 172 valence electrons. The molecule has 1 aromatic heterocycles. The lowest BCUT2D eigenvalue weighted by atomic mass is 9.92. The summed E-state index contributed by atoms with van der Waals surface area (Å²) in [5.41, 5.74) is 2.86. The highest BCUT2D eigenvalue weighted by molar-refractivity contribution is 7.85. The highest BCUT2D eigenvalue weighted by Crippen LogP contribution is 2.39. The van der Waals surface area contributed by atoms with Crippen molar-refractivity contribution in [1.29, 1.82) is 0 Å². The van der Waals surface area contributed by atoms with Crippen molar-refractivity contribution in [3.8, 4) is 11.5 Å². The second-order valence-corrected chi connectivity index (χ2v) is 9.16. The maximum atomic E-state index is 13.4. The Kier molecular flexibility index (Phi) is 7.00. The molecule has 0 unspecified atom stereocenters. The van der Waals surface area contributed by atoms with Gasteiger partial charge < -0.3 is 9.47 Å². The molecule has 3 aromatic rings. The molecule has 0 radical (unpaired) electrons. The molecule has 0 N–H and O–H groups in total. The molecule has 2 heterocycles. The van der Waals surface area contributed by atoms with E-state index in [0.717, 1.165) is 29.8 Å². The molecule has 4 rings (SSSR count). The summed E-state index contributed by atoms with van der Waals surface area (Å²) in [6, 6.07) is 15.6. The SMILES string of the molecule is COc1cc2c(cc1OC)[C@H](C[S@@](=O)c1ccccc1[N+](=O)[O-])N(Cc1ccccn1)CC2. The minimum absolute atomic E-state index is 0.129. The first kappa shape index (κ1) is 22.9. The molecule has 0 spiro atoms. The van der Waals surface area contributed by atoms with E-state index >= 15 is 0 Å². The van der Waals surface area contributed by atoms with Gasteiger partial charge in [-0.15, -0.1) is 0 Å². The van der Waals surface area contributed by atoms with E-state index in [1.807, 2.05) is 30.3 Å². The van der Waals surface area contributed by atoms with E-state index in [1.165, 1.54) is 6.07 Å². The van der Waals surface area contributed by atoms with Crippen molar-refractivity contribution in [2.45, 2.75) is 23.9 Å². The van der Waals surface area contributed by atoms with Crippen LogP contribution in [0.1, 0.15) is 22.9 Å². The fourth-order valence-electron chi connectivity index (χ4n) is 4.20. The van der Waals surface area contributed by atoms with Crippen LogP contribution in [0.25, 0.3) is 0 Å². The van der Waals surface area contributed by atoms with Gasteiger partial charge in [0.15, 0.2) is 11.5 Å². The molecule has 1 aliphatic rings. The first-order valence-electron chi connectivity index (χ1n) is 10.5. The Hall–Kier alpha value is -3.30. The number of aromatic nitrogens is 1. The Morgan fingerprint density at radius 3 is 2.55 bits per heavy atom. The Bertz CT molecular complexity index is 1170. The molecule has 2 aromatic carbocycles. The van der Waals surface area contributed by atoms with E-state index in [0.29, 0.717) is 18.0 Å². The van der Waals surface area contributed by atoms with Crippen LogP contribution in [0, 0.1) is 10.1 Å². The molecule has 0 saturated heterocycles. The van der Waals surface area contributed by atoms with Crippen LogP contribution < -0.4 is 9.47 Å². The lowest BCUT2D eigenvalue weighted by Crippen LogP contribution is -2.38. The van der Waals surface area contributed by atoms with Crippen LogP contribution in [-0.4, -0.2) is 45.5 Å². The number of rotatable bonds is 8. The summed E-state index contributed by atoms with van der Waals surface area (Å²) in [5, 5.41) is 11.5. The van der Waals surface area contributed by atoms with Gasteiger partial charge in [0.1, 0.15) is 4.90 Å². The minimum Gasteiger partial charge on any atom is -0.493 e. The average Bonchev–Trinajstić information content (AvgIpc) is 2.85. The van der Waals surface area contributed by atoms with Crippen molar-refractivity contribution in [1.82, 2.24) is 9.88 Å². The average molecular weight is 468 g/mol. The summed E-state index contributed by atoms with van der Waals surface area (Å²) >= 11 is 0. The van der Waals surface area contributed by atoms with Crippen LogP contribution in [0.2, 0.25) is 0 Å². The number of nitrogens with zero attached hydrogens (tertiary/aromatic N) is 3. The van der Waals surface area contributed by atoms with E-state index in [4.69, 9.17) is 9.47 Å². The molecule has 2 atom stereocenters. The molecule has 8 nitrogen and oxygen atoms in total. The van der Waals surface area contributed by atoms with Gasteiger partial charge in [-0.05, 0) is 47.9 Å². The highest BCUT2D eigenvalue weighted by atomic mass is 32.2. The van der Waals surface area contributed by atoms with E-state index in [-0.39, 0.29) is 22.4 Å². The number of para-hydroxylation sites is 1. The van der Waals surface area contributed by atoms with Crippen LogP contribution in [0.4, 0.5) is 5.69 Å². The normalized spacial score (nSPS) is 16.6. The summed E-state index contributed by atoms with van der Waals surface area (Å²) < 4.78 is 24.4. The van der Waals surface area contributed by atoms with E-state index in [9.17, 15) is 14.3 Å². The Balaban J connectivity index is 1.73. The number of ether oxygens (including phenoxy) is 2. The molecule has 0 fully saturated rings. The van der Waals surface area contributed by atoms with Gasteiger partial charge >= 0.3 is 0 Å². The number of hydrogen-bond acceptors (Lipinski definition) is 7. The Labute approximate surface area is 194 Å². The van der Waals surface area contributed by atoms with Crippen LogP contribution >= 0.6 is 0 Å². The van der Waals surface area contributed by atoms with Crippen molar-refractivity contribution >= 4 is 16.5 Å². The van der Waals surface area contributed by atoms with Crippen molar-refractivity contribution in [3.63, 3.8) is 0 Å². The number of benzene rings is 2. The number of methoxy groups -OCH3 is 2. The van der Waals surface area contributed by atoms with Crippen LogP contribution in [0.5, 0.6) is 11.5 Å². The fourth-order valence-corrected chi connectivity index (χ4v) is 5.66. The lowest BCUT2D eigenvalue weighted by molar-refractivity contribution is -0.387. The van der Waals surface area contributed by atoms with Gasteiger partial charge in [-0.3, -0.25) is 24.2 Å². The molecule has 0 aliphatic carbocycles. The lowest BCUT2D eigenvalue weighted by Gasteiger charge is -2.37. The predicted octanol–water partition coefficient (Wildman–Crippen LogP) is 3.91. The zero-order valence-corrected chi connectivity index (χ0v) is 19.3. The van der Waals surface area contributed by atoms with Crippen molar-refractivity contribution < 1.29 is 18.6 Å². The molecule has 0 amide bonds. The zero-order valence-electron chi connectivity index (χ0n) is 18.5. The third kappa shape index (κ3) is 4.89. The molecular weight excluding hydrogens is 442 g/mol. The predicted molar refractivity (Wildman–Crippen MR) is 125 cm³/mol. The molecule has 0 bridgehead atoms. The van der Waals surface area contributed by atoms with Gasteiger partial charge in [0.05, 0.1) is 35.6 Å². The summed E-state index contributed by atoms with van der Waals surface area (Å²) in [5.74, 6) is 1.45. The van der Waals surface area contributed by atoms with Gasteiger partial charge in [-0.25, -0.2) is 0 Å². The van der Waals surface area contributed by atoms with Gasteiger partial charge in [0.25, 0.3) is 5.69 Å². The molecule has 0 saturated carbocycles. The smallest absolute Gasteiger partial charge is 0.285 e. The highest BCUT2D eigenvalue weighted by Gasteiger charge is 2.32. The number of pyridine rings is 1. The number of hydrogen-bond donors (Lipinski definition) is 0. The summed E-state index contributed by atoms with van der Waals surface area (Å²) in [7, 11) is 1.59. The molecule has 33 heavy (non-hydrogen) atoms. The van der Waals surface area contributed by atoms with E-state index in [2.05, 4.69) is 9.88 Å². The summed E-state index contributed by atoms with van der Waals surface area (Å²) in [6.45, 7) is 1.31. The van der Waals surface area contributed by atoms with Crippen molar-refractivity contribution in [3.05, 3.63) is 87.7 Å². The van der Waals surface area contributed by atoms with Gasteiger partial charge in [-0.1, -0.05) is 18.2 Å². The number of fused-ring (bicyclic) bond motifs is 1. The van der Waals surface area contributed by atoms with Crippen LogP contribution in [0.15, 0.2) is 65.7 Å². The minimum atomic E-state index is -1.59. The standard InChI is InChI=1S/C24H25N3O5S/c1-31-22-13-17-10-12-26(15-18-7-5-6-11-25-18)21(19(17)14-23(22)32-2)16-33(30)24-9-4-3-8-20(24)27(28)29/h3-9,11,13-14,21H,10,12,15-16H2,1-2H3/t21-,33+/m0/s1. The maximum Gasteiger partial charge on any atom is 0.285 e. The third-order valence-corrected chi connectivity index (χ3v) is 7.28. The van der Waals surface area contributed by atoms with Crippen molar-refractivity contribution in [2.75, 3.05) is 26.5 Å². The topological polar surface area (TPSA) is 94.8 Å². The van der Waals surface area contributed by atoms with Crippen LogP contribution in [0.3, 0.4) is 0 Å². The molecule has 9 heteroatoms. The largest absolute Gasteiger partial charge is 0.493 e. The van der Waals surface area contributed by atoms with Gasteiger partial charge in [-0.2, -0.15) is 0 Å². The summed E-state index contributed by atoms with van der Waals surface area (Å²) in [6.07, 6.45) is 2.54. The first-order valence-corrected chi connectivity index (χ1v) is 11.8. The van der Waals surface area contributed by atoms with Gasteiger partial charge in [0.2, 0.25) is 0 Å². The molecule has 1 aliphatic heterocycles. The maximum absolute atomic E-state index is 13.4. The zero-order chi connectivity index (χ0) is 23.4. The third-order valence-electron chi connectivity index (χ3n) is 5.82.